The average Bonchev–Trinajstić information content (AvgIpc) is 2.35. The molecular formula is C14H20N2. The van der Waals surface area contributed by atoms with Crippen LogP contribution in [0, 0.1) is 0 Å². The summed E-state index contributed by atoms with van der Waals surface area (Å²) in [5, 5.41) is 6.57. The predicted octanol–water partition coefficient (Wildman–Crippen LogP) is 3.01. The molecule has 2 N–H and O–H groups in total. The molecule has 0 fully saturated rings. The molecule has 1 aliphatic rings. The highest BCUT2D eigenvalue weighted by molar-refractivity contribution is 5.58. The van der Waals surface area contributed by atoms with E-state index in [1.807, 2.05) is 0 Å². The van der Waals surface area contributed by atoms with Crippen molar-refractivity contribution >= 4 is 5.69 Å². The summed E-state index contributed by atoms with van der Waals surface area (Å²) in [6.45, 7) is 11.6. The maximum Gasteiger partial charge on any atom is 0.0957 e. The number of nitrogens with one attached hydrogen (secondary N) is 2. The van der Waals surface area contributed by atoms with Crippen molar-refractivity contribution < 1.29 is 0 Å². The minimum Gasteiger partial charge on any atom is -0.372 e. The van der Waals surface area contributed by atoms with Gasteiger partial charge in [0.05, 0.1) is 5.82 Å². The van der Waals surface area contributed by atoms with E-state index in [9.17, 15) is 0 Å². The lowest BCUT2D eigenvalue weighted by atomic mass is 9.86. The highest BCUT2D eigenvalue weighted by Crippen LogP contribution is 2.28. The molecule has 0 bridgehead atoms. The lowest BCUT2D eigenvalue weighted by Gasteiger charge is -2.21. The first-order valence-corrected chi connectivity index (χ1v) is 5.80. The Labute approximate surface area is 97.8 Å². The summed E-state index contributed by atoms with van der Waals surface area (Å²) in [7, 11) is 0. The molecule has 2 heteroatoms. The summed E-state index contributed by atoms with van der Waals surface area (Å²) in [4.78, 5) is 0. The summed E-state index contributed by atoms with van der Waals surface area (Å²) in [5.41, 5.74) is 4.10. The molecule has 86 valence electrons. The van der Waals surface area contributed by atoms with Crippen LogP contribution in [0.25, 0.3) is 0 Å². The third-order valence-corrected chi connectivity index (χ3v) is 2.99. The van der Waals surface area contributed by atoms with Crippen LogP contribution < -0.4 is 10.6 Å². The van der Waals surface area contributed by atoms with E-state index < -0.39 is 0 Å². The van der Waals surface area contributed by atoms with Gasteiger partial charge in [0.25, 0.3) is 0 Å². The van der Waals surface area contributed by atoms with Crippen LogP contribution >= 0.6 is 0 Å². The number of rotatable bonds is 0. The first kappa shape index (κ1) is 11.1. The fraction of sp³-hybridized carbons (Fsp3) is 0.429. The van der Waals surface area contributed by atoms with E-state index in [0.29, 0.717) is 0 Å². The molecule has 0 saturated heterocycles. The minimum atomic E-state index is 0.192. The SMILES string of the molecule is C=C1NCCc2ccc(C(C)(C)C)cc2N1. The van der Waals surface area contributed by atoms with Gasteiger partial charge < -0.3 is 10.6 Å². The van der Waals surface area contributed by atoms with Crippen LogP contribution in [0.4, 0.5) is 5.69 Å². The van der Waals surface area contributed by atoms with Gasteiger partial charge in [-0.3, -0.25) is 0 Å². The van der Waals surface area contributed by atoms with Crippen molar-refractivity contribution in [2.24, 2.45) is 0 Å². The van der Waals surface area contributed by atoms with Crippen molar-refractivity contribution in [2.45, 2.75) is 32.6 Å². The highest BCUT2D eigenvalue weighted by Gasteiger charge is 2.16. The van der Waals surface area contributed by atoms with Gasteiger partial charge >= 0.3 is 0 Å². The van der Waals surface area contributed by atoms with Gasteiger partial charge in [-0.1, -0.05) is 39.5 Å². The van der Waals surface area contributed by atoms with Gasteiger partial charge in [0.15, 0.2) is 0 Å². The van der Waals surface area contributed by atoms with Crippen molar-refractivity contribution in [2.75, 3.05) is 11.9 Å². The Kier molecular flexibility index (Phi) is 2.66. The molecule has 0 saturated carbocycles. The molecule has 1 aromatic rings. The van der Waals surface area contributed by atoms with E-state index in [-0.39, 0.29) is 5.41 Å². The summed E-state index contributed by atoms with van der Waals surface area (Å²) >= 11 is 0. The molecular weight excluding hydrogens is 196 g/mol. The molecule has 1 aliphatic heterocycles. The highest BCUT2D eigenvalue weighted by atomic mass is 15.1. The second kappa shape index (κ2) is 3.85. The molecule has 0 atom stereocenters. The molecule has 0 spiro atoms. The zero-order valence-electron chi connectivity index (χ0n) is 10.4. The van der Waals surface area contributed by atoms with Crippen LogP contribution in [0.15, 0.2) is 30.6 Å². The van der Waals surface area contributed by atoms with E-state index in [1.165, 1.54) is 16.8 Å². The lowest BCUT2D eigenvalue weighted by molar-refractivity contribution is 0.590. The number of hydrogen-bond donors (Lipinski definition) is 2. The molecule has 0 radical (unpaired) electrons. The number of anilines is 1. The first-order chi connectivity index (χ1) is 7.47. The quantitative estimate of drug-likeness (QED) is 0.696. The maximum atomic E-state index is 3.94. The van der Waals surface area contributed by atoms with E-state index in [1.54, 1.807) is 0 Å². The zero-order valence-corrected chi connectivity index (χ0v) is 10.4. The monoisotopic (exact) mass is 216 g/mol. The normalized spacial score (nSPS) is 15.8. The van der Waals surface area contributed by atoms with Crippen LogP contribution in [-0.4, -0.2) is 6.54 Å². The van der Waals surface area contributed by atoms with E-state index in [4.69, 9.17) is 0 Å². The van der Waals surface area contributed by atoms with Gasteiger partial charge in [0.1, 0.15) is 0 Å². The molecule has 0 aromatic heterocycles. The molecule has 16 heavy (non-hydrogen) atoms. The largest absolute Gasteiger partial charge is 0.372 e. The Morgan fingerprint density at radius 1 is 1.25 bits per heavy atom. The molecule has 2 rings (SSSR count). The van der Waals surface area contributed by atoms with Crippen LogP contribution in [0.2, 0.25) is 0 Å². The molecule has 2 nitrogen and oxygen atoms in total. The molecule has 0 amide bonds. The summed E-state index contributed by atoms with van der Waals surface area (Å²) < 4.78 is 0. The fourth-order valence-electron chi connectivity index (χ4n) is 1.93. The van der Waals surface area contributed by atoms with Gasteiger partial charge in [-0.15, -0.1) is 0 Å². The van der Waals surface area contributed by atoms with Gasteiger partial charge in [-0.2, -0.15) is 0 Å². The van der Waals surface area contributed by atoms with E-state index in [2.05, 4.69) is 56.2 Å². The standard InChI is InChI=1S/C14H20N2/c1-10-15-8-7-11-5-6-12(14(2,3)4)9-13(11)16-10/h5-6,9,15-16H,1,7-8H2,2-4H3. The summed E-state index contributed by atoms with van der Waals surface area (Å²) in [6, 6.07) is 6.70. The van der Waals surface area contributed by atoms with Crippen molar-refractivity contribution in [3.63, 3.8) is 0 Å². The number of benzene rings is 1. The van der Waals surface area contributed by atoms with E-state index in [0.717, 1.165) is 18.8 Å². The summed E-state index contributed by atoms with van der Waals surface area (Å²) in [6.07, 6.45) is 1.05. The Bertz CT molecular complexity index is 413. The molecule has 0 aliphatic carbocycles. The second-order valence-corrected chi connectivity index (χ2v) is 5.40. The maximum absolute atomic E-state index is 3.94. The van der Waals surface area contributed by atoms with Gasteiger partial charge in [-0.05, 0) is 29.0 Å². The molecule has 1 aromatic carbocycles. The Morgan fingerprint density at radius 2 is 2.00 bits per heavy atom. The van der Waals surface area contributed by atoms with Crippen LogP contribution in [-0.2, 0) is 11.8 Å². The Hall–Kier alpha value is -1.44. The Balaban J connectivity index is 2.40. The third kappa shape index (κ3) is 2.21. The average molecular weight is 216 g/mol. The number of hydrogen-bond acceptors (Lipinski definition) is 2. The third-order valence-electron chi connectivity index (χ3n) is 2.99. The minimum absolute atomic E-state index is 0.192. The van der Waals surface area contributed by atoms with Gasteiger partial charge in [0.2, 0.25) is 0 Å². The van der Waals surface area contributed by atoms with Gasteiger partial charge in [0, 0.05) is 12.2 Å². The van der Waals surface area contributed by atoms with Crippen molar-refractivity contribution in [1.29, 1.82) is 0 Å². The first-order valence-electron chi connectivity index (χ1n) is 5.80. The smallest absolute Gasteiger partial charge is 0.0957 e. The van der Waals surface area contributed by atoms with Gasteiger partial charge in [-0.25, -0.2) is 0 Å². The lowest BCUT2D eigenvalue weighted by Crippen LogP contribution is -2.17. The van der Waals surface area contributed by atoms with Crippen molar-refractivity contribution in [1.82, 2.24) is 5.32 Å². The van der Waals surface area contributed by atoms with Crippen molar-refractivity contribution in [3.8, 4) is 0 Å². The predicted molar refractivity (Wildman–Crippen MR) is 69.6 cm³/mol. The molecule has 1 heterocycles. The zero-order chi connectivity index (χ0) is 11.8. The van der Waals surface area contributed by atoms with Crippen molar-refractivity contribution in [3.05, 3.63) is 41.7 Å². The molecule has 0 unspecified atom stereocenters. The summed E-state index contributed by atoms with van der Waals surface area (Å²) in [5.74, 6) is 0.893. The fourth-order valence-corrected chi connectivity index (χ4v) is 1.93. The number of fused-ring (bicyclic) bond motifs is 1. The van der Waals surface area contributed by atoms with Crippen LogP contribution in [0.5, 0.6) is 0 Å². The Morgan fingerprint density at radius 3 is 2.69 bits per heavy atom. The second-order valence-electron chi connectivity index (χ2n) is 5.40. The van der Waals surface area contributed by atoms with Crippen LogP contribution in [0.1, 0.15) is 31.9 Å². The topological polar surface area (TPSA) is 24.1 Å². The van der Waals surface area contributed by atoms with Crippen LogP contribution in [0.3, 0.4) is 0 Å². The van der Waals surface area contributed by atoms with E-state index >= 15 is 0 Å².